The molecule has 0 amide bonds. The zero-order valence-electron chi connectivity index (χ0n) is 11.0. The minimum atomic E-state index is 0.310. The van der Waals surface area contributed by atoms with E-state index in [1.807, 2.05) is 6.20 Å². The number of aryl methyl sites for hydroxylation is 1. The number of fused-ring (bicyclic) bond motifs is 1. The Morgan fingerprint density at radius 3 is 2.94 bits per heavy atom. The van der Waals surface area contributed by atoms with Gasteiger partial charge in [0.15, 0.2) is 0 Å². The summed E-state index contributed by atoms with van der Waals surface area (Å²) in [5.74, 6) is 0.588. The zero-order chi connectivity index (χ0) is 12.7. The van der Waals surface area contributed by atoms with Gasteiger partial charge in [0, 0.05) is 31.4 Å². The monoisotopic (exact) mass is 244 g/mol. The first kappa shape index (κ1) is 11.7. The van der Waals surface area contributed by atoms with Crippen molar-refractivity contribution in [3.8, 4) is 0 Å². The fourth-order valence-corrected chi connectivity index (χ4v) is 2.84. The summed E-state index contributed by atoms with van der Waals surface area (Å²) in [6.07, 6.45) is 1.98. The molecule has 0 spiro atoms. The Balaban J connectivity index is 1.87. The van der Waals surface area contributed by atoms with E-state index in [1.165, 1.54) is 11.4 Å². The Kier molecular flexibility index (Phi) is 2.84. The van der Waals surface area contributed by atoms with Gasteiger partial charge in [-0.3, -0.25) is 4.90 Å². The van der Waals surface area contributed by atoms with Gasteiger partial charge in [0.1, 0.15) is 5.65 Å². The lowest BCUT2D eigenvalue weighted by Gasteiger charge is -2.15. The molecular weight excluding hydrogens is 224 g/mol. The van der Waals surface area contributed by atoms with Crippen LogP contribution in [0.25, 0.3) is 5.65 Å². The van der Waals surface area contributed by atoms with Gasteiger partial charge in [-0.2, -0.15) is 0 Å². The molecule has 0 bridgehead atoms. The molecular formula is C14H20N4. The van der Waals surface area contributed by atoms with Gasteiger partial charge in [0.05, 0.1) is 11.9 Å². The molecule has 1 aliphatic rings. The van der Waals surface area contributed by atoms with Crippen molar-refractivity contribution in [2.24, 2.45) is 11.7 Å². The maximum absolute atomic E-state index is 6.08. The number of imidazole rings is 1. The summed E-state index contributed by atoms with van der Waals surface area (Å²) in [7, 11) is 0. The molecule has 2 aromatic rings. The average Bonchev–Trinajstić information content (AvgIpc) is 2.86. The lowest BCUT2D eigenvalue weighted by Crippen LogP contribution is -2.28. The number of nitrogens with zero attached hydrogens (tertiary/aromatic N) is 3. The molecule has 0 aliphatic carbocycles. The van der Waals surface area contributed by atoms with Crippen LogP contribution in [0.3, 0.4) is 0 Å². The van der Waals surface area contributed by atoms with Gasteiger partial charge in [-0.05, 0) is 25.0 Å². The standard InChI is InChI=1S/C14H20N4/c1-10-7-17(9-13(10)15)8-12-6-16-14-5-3-4-11(2)18(12)14/h3-6,10,13H,7-9,15H2,1-2H3. The van der Waals surface area contributed by atoms with Crippen LogP contribution in [-0.4, -0.2) is 33.4 Å². The molecule has 1 aliphatic heterocycles. The Hall–Kier alpha value is -1.39. The lowest BCUT2D eigenvalue weighted by molar-refractivity contribution is 0.314. The first-order chi connectivity index (χ1) is 8.65. The van der Waals surface area contributed by atoms with Crippen LogP contribution in [-0.2, 0) is 6.54 Å². The highest BCUT2D eigenvalue weighted by Gasteiger charge is 2.26. The van der Waals surface area contributed by atoms with Crippen molar-refractivity contribution in [3.05, 3.63) is 35.8 Å². The summed E-state index contributed by atoms with van der Waals surface area (Å²) in [5.41, 5.74) is 9.59. The van der Waals surface area contributed by atoms with Crippen molar-refractivity contribution in [1.82, 2.24) is 14.3 Å². The maximum atomic E-state index is 6.08. The van der Waals surface area contributed by atoms with Crippen LogP contribution >= 0.6 is 0 Å². The molecule has 18 heavy (non-hydrogen) atoms. The smallest absolute Gasteiger partial charge is 0.137 e. The maximum Gasteiger partial charge on any atom is 0.137 e. The van der Waals surface area contributed by atoms with Crippen LogP contribution in [0, 0.1) is 12.8 Å². The Morgan fingerprint density at radius 2 is 2.22 bits per heavy atom. The van der Waals surface area contributed by atoms with E-state index >= 15 is 0 Å². The van der Waals surface area contributed by atoms with Gasteiger partial charge in [0.25, 0.3) is 0 Å². The quantitative estimate of drug-likeness (QED) is 0.869. The molecule has 1 saturated heterocycles. The summed E-state index contributed by atoms with van der Waals surface area (Å²) in [6, 6.07) is 6.53. The molecule has 2 aromatic heterocycles. The molecule has 2 N–H and O–H groups in total. The van der Waals surface area contributed by atoms with Crippen molar-refractivity contribution < 1.29 is 0 Å². The number of rotatable bonds is 2. The van der Waals surface area contributed by atoms with Gasteiger partial charge in [0.2, 0.25) is 0 Å². The van der Waals surface area contributed by atoms with Gasteiger partial charge in [-0.15, -0.1) is 0 Å². The predicted octanol–water partition coefficient (Wildman–Crippen LogP) is 1.42. The molecule has 2 unspecified atom stereocenters. The van der Waals surface area contributed by atoms with E-state index in [4.69, 9.17) is 5.73 Å². The Bertz CT molecular complexity index is 550. The first-order valence-electron chi connectivity index (χ1n) is 6.55. The fourth-order valence-electron chi connectivity index (χ4n) is 2.84. The third kappa shape index (κ3) is 1.91. The summed E-state index contributed by atoms with van der Waals surface area (Å²) in [6.45, 7) is 7.35. The van der Waals surface area contributed by atoms with E-state index in [1.54, 1.807) is 0 Å². The van der Waals surface area contributed by atoms with E-state index in [0.717, 1.165) is 25.3 Å². The van der Waals surface area contributed by atoms with Crippen LogP contribution in [0.4, 0.5) is 0 Å². The van der Waals surface area contributed by atoms with Crippen molar-refractivity contribution in [1.29, 1.82) is 0 Å². The molecule has 4 nitrogen and oxygen atoms in total. The molecule has 0 radical (unpaired) electrons. The number of aromatic nitrogens is 2. The van der Waals surface area contributed by atoms with Gasteiger partial charge in [-0.1, -0.05) is 13.0 Å². The van der Waals surface area contributed by atoms with Gasteiger partial charge >= 0.3 is 0 Å². The third-order valence-electron chi connectivity index (χ3n) is 3.93. The van der Waals surface area contributed by atoms with Gasteiger partial charge < -0.3 is 10.1 Å². The molecule has 96 valence electrons. The minimum absolute atomic E-state index is 0.310. The van der Waals surface area contributed by atoms with E-state index in [9.17, 15) is 0 Å². The first-order valence-corrected chi connectivity index (χ1v) is 6.55. The zero-order valence-corrected chi connectivity index (χ0v) is 11.0. The van der Waals surface area contributed by atoms with Crippen LogP contribution in [0.15, 0.2) is 24.4 Å². The lowest BCUT2D eigenvalue weighted by atomic mass is 10.1. The number of hydrogen-bond donors (Lipinski definition) is 1. The van der Waals surface area contributed by atoms with Crippen LogP contribution in [0.1, 0.15) is 18.3 Å². The second-order valence-electron chi connectivity index (χ2n) is 5.45. The van der Waals surface area contributed by atoms with Crippen molar-refractivity contribution in [2.75, 3.05) is 13.1 Å². The highest BCUT2D eigenvalue weighted by atomic mass is 15.2. The normalized spacial score (nSPS) is 25.1. The Morgan fingerprint density at radius 1 is 1.39 bits per heavy atom. The molecule has 3 rings (SSSR count). The summed E-state index contributed by atoms with van der Waals surface area (Å²) in [5, 5.41) is 0. The molecule has 1 fully saturated rings. The predicted molar refractivity (Wildman–Crippen MR) is 72.3 cm³/mol. The molecule has 2 atom stereocenters. The SMILES string of the molecule is Cc1cccc2ncc(CN3CC(C)C(N)C3)n12. The molecule has 0 saturated carbocycles. The van der Waals surface area contributed by atoms with Crippen molar-refractivity contribution in [2.45, 2.75) is 26.4 Å². The number of nitrogens with two attached hydrogens (primary N) is 1. The van der Waals surface area contributed by atoms with Crippen LogP contribution < -0.4 is 5.73 Å². The van der Waals surface area contributed by atoms with Crippen molar-refractivity contribution >= 4 is 5.65 Å². The molecule has 4 heteroatoms. The Labute approximate surface area is 107 Å². The van der Waals surface area contributed by atoms with E-state index in [2.05, 4.69) is 46.3 Å². The number of pyridine rings is 1. The number of hydrogen-bond acceptors (Lipinski definition) is 3. The molecule has 3 heterocycles. The van der Waals surface area contributed by atoms with E-state index in [0.29, 0.717) is 12.0 Å². The second kappa shape index (κ2) is 4.37. The molecule has 0 aromatic carbocycles. The summed E-state index contributed by atoms with van der Waals surface area (Å²) < 4.78 is 2.23. The van der Waals surface area contributed by atoms with Crippen LogP contribution in [0.2, 0.25) is 0 Å². The second-order valence-corrected chi connectivity index (χ2v) is 5.45. The third-order valence-corrected chi connectivity index (χ3v) is 3.93. The fraction of sp³-hybridized carbons (Fsp3) is 0.500. The van der Waals surface area contributed by atoms with Crippen molar-refractivity contribution in [3.63, 3.8) is 0 Å². The largest absolute Gasteiger partial charge is 0.326 e. The van der Waals surface area contributed by atoms with Gasteiger partial charge in [-0.25, -0.2) is 4.98 Å². The van der Waals surface area contributed by atoms with Crippen LogP contribution in [0.5, 0.6) is 0 Å². The highest BCUT2D eigenvalue weighted by Crippen LogP contribution is 2.18. The summed E-state index contributed by atoms with van der Waals surface area (Å²) in [4.78, 5) is 6.89. The minimum Gasteiger partial charge on any atom is -0.326 e. The van der Waals surface area contributed by atoms with E-state index < -0.39 is 0 Å². The number of likely N-dealkylation sites (tertiary alicyclic amines) is 1. The average molecular weight is 244 g/mol. The highest BCUT2D eigenvalue weighted by molar-refractivity contribution is 5.42. The van der Waals surface area contributed by atoms with E-state index in [-0.39, 0.29) is 0 Å². The topological polar surface area (TPSA) is 46.6 Å². The summed E-state index contributed by atoms with van der Waals surface area (Å²) >= 11 is 0.